The van der Waals surface area contributed by atoms with Crippen LogP contribution in [0.5, 0.6) is 0 Å². The van der Waals surface area contributed by atoms with Crippen molar-refractivity contribution in [2.75, 3.05) is 0 Å². The Morgan fingerprint density at radius 3 is 1.26 bits per heavy atom. The fraction of sp³-hybridized carbons (Fsp3) is 0.0345. The first-order chi connectivity index (χ1) is 30.6. The van der Waals surface area contributed by atoms with Crippen LogP contribution in [-0.4, -0.2) is 19.1 Å². The Morgan fingerprint density at radius 1 is 0.323 bits per heavy atom. The molecule has 0 aliphatic rings. The molecule has 0 aliphatic heterocycles. The second-order valence-corrected chi connectivity index (χ2v) is 16.3. The number of aromatic nitrogens is 4. The summed E-state index contributed by atoms with van der Waals surface area (Å²) < 4.78 is 4.44. The summed E-state index contributed by atoms with van der Waals surface area (Å²) in [5, 5.41) is 7.30. The van der Waals surface area contributed by atoms with Gasteiger partial charge >= 0.3 is 0 Å². The van der Waals surface area contributed by atoms with Crippen LogP contribution in [0.3, 0.4) is 0 Å². The summed E-state index contributed by atoms with van der Waals surface area (Å²) >= 11 is 0. The number of fused-ring (bicyclic) bond motifs is 5. The first-order valence-electron chi connectivity index (χ1n) is 21.2. The SMILES string of the molecule is Cn1c(-c2ccccc2)nc2ccc(-c3cccc4c(-c5cccc6cccc(-c7ccccc7)c56)c5cccc(-c6ccc7nc(-c8ccccc8)n(C)c7c6)c5cc34)cc21. The molecule has 0 fully saturated rings. The second-order valence-electron chi connectivity index (χ2n) is 16.3. The Morgan fingerprint density at radius 2 is 0.758 bits per heavy atom. The predicted octanol–water partition coefficient (Wildman–Crippen LogP) is 14.9. The zero-order valence-corrected chi connectivity index (χ0v) is 34.4. The Labute approximate surface area is 359 Å². The second kappa shape index (κ2) is 14.3. The number of imidazole rings is 2. The molecule has 0 unspecified atom stereocenters. The molecular weight excluding hydrogens is 753 g/mol. The quantitative estimate of drug-likeness (QED) is 0.157. The lowest BCUT2D eigenvalue weighted by atomic mass is 9.83. The molecule has 0 bridgehead atoms. The van der Waals surface area contributed by atoms with Gasteiger partial charge in [-0.1, -0.05) is 176 Å². The third-order valence-electron chi connectivity index (χ3n) is 12.7. The van der Waals surface area contributed by atoms with E-state index in [0.717, 1.165) is 56.0 Å². The summed E-state index contributed by atoms with van der Waals surface area (Å²) in [5.41, 5.74) is 15.9. The van der Waals surface area contributed by atoms with Crippen LogP contribution in [0, 0.1) is 0 Å². The van der Waals surface area contributed by atoms with E-state index in [0.29, 0.717) is 0 Å². The zero-order valence-electron chi connectivity index (χ0n) is 34.4. The van der Waals surface area contributed by atoms with E-state index in [-0.39, 0.29) is 0 Å². The first kappa shape index (κ1) is 35.8. The van der Waals surface area contributed by atoms with Crippen LogP contribution in [0.2, 0.25) is 0 Å². The summed E-state index contributed by atoms with van der Waals surface area (Å²) in [7, 11) is 4.24. The van der Waals surface area contributed by atoms with Crippen LogP contribution < -0.4 is 0 Å². The molecule has 62 heavy (non-hydrogen) atoms. The van der Waals surface area contributed by atoms with E-state index >= 15 is 0 Å². The van der Waals surface area contributed by atoms with Crippen molar-refractivity contribution < 1.29 is 0 Å². The van der Waals surface area contributed by atoms with E-state index in [4.69, 9.17) is 9.97 Å². The van der Waals surface area contributed by atoms with Crippen molar-refractivity contribution >= 4 is 54.4 Å². The van der Waals surface area contributed by atoms with Gasteiger partial charge in [0.15, 0.2) is 0 Å². The molecule has 0 saturated heterocycles. The van der Waals surface area contributed by atoms with Crippen molar-refractivity contribution in [2.45, 2.75) is 0 Å². The molecule has 12 rings (SSSR count). The highest BCUT2D eigenvalue weighted by Crippen LogP contribution is 2.47. The molecule has 0 N–H and O–H groups in total. The molecular formula is C58H40N4. The fourth-order valence-corrected chi connectivity index (χ4v) is 9.77. The van der Waals surface area contributed by atoms with Gasteiger partial charge in [0.2, 0.25) is 0 Å². The Kier molecular flexibility index (Phi) is 8.26. The molecule has 0 amide bonds. The molecule has 0 saturated carbocycles. The molecule has 0 spiro atoms. The summed E-state index contributed by atoms with van der Waals surface area (Å²) in [6.07, 6.45) is 0. The van der Waals surface area contributed by atoms with Gasteiger partial charge in [-0.05, 0) is 107 Å². The largest absolute Gasteiger partial charge is 0.327 e. The highest BCUT2D eigenvalue weighted by molar-refractivity contribution is 6.23. The topological polar surface area (TPSA) is 35.6 Å². The van der Waals surface area contributed by atoms with E-state index in [1.54, 1.807) is 0 Å². The molecule has 0 atom stereocenters. The highest BCUT2D eigenvalue weighted by Gasteiger charge is 2.21. The molecule has 12 aromatic rings. The van der Waals surface area contributed by atoms with Gasteiger partial charge in [0.25, 0.3) is 0 Å². The summed E-state index contributed by atoms with van der Waals surface area (Å²) in [5.74, 6) is 1.92. The van der Waals surface area contributed by atoms with Crippen molar-refractivity contribution in [1.29, 1.82) is 0 Å². The molecule has 2 heterocycles. The van der Waals surface area contributed by atoms with Crippen molar-refractivity contribution in [3.05, 3.63) is 206 Å². The lowest BCUT2D eigenvalue weighted by Gasteiger charge is -2.20. The number of rotatable bonds is 6. The molecule has 10 aromatic carbocycles. The minimum atomic E-state index is 0.958. The van der Waals surface area contributed by atoms with Crippen LogP contribution >= 0.6 is 0 Å². The third kappa shape index (κ3) is 5.68. The van der Waals surface area contributed by atoms with Crippen LogP contribution in [0.4, 0.5) is 0 Å². The highest BCUT2D eigenvalue weighted by atomic mass is 15.1. The number of hydrogen-bond acceptors (Lipinski definition) is 2. The maximum Gasteiger partial charge on any atom is 0.140 e. The fourth-order valence-electron chi connectivity index (χ4n) is 9.77. The Hall–Kier alpha value is -8.08. The number of nitrogens with zero attached hydrogens (tertiary/aromatic N) is 4. The van der Waals surface area contributed by atoms with Crippen LogP contribution in [0.25, 0.3) is 122 Å². The molecule has 4 nitrogen and oxygen atoms in total. The van der Waals surface area contributed by atoms with Crippen molar-refractivity contribution in [1.82, 2.24) is 19.1 Å². The number of aryl methyl sites for hydroxylation is 2. The van der Waals surface area contributed by atoms with Crippen LogP contribution in [0.1, 0.15) is 0 Å². The maximum absolute atomic E-state index is 5.08. The van der Waals surface area contributed by atoms with Gasteiger partial charge < -0.3 is 9.13 Å². The minimum absolute atomic E-state index is 0.958. The lowest BCUT2D eigenvalue weighted by Crippen LogP contribution is -1.94. The number of hydrogen-bond donors (Lipinski definition) is 0. The number of benzene rings is 10. The van der Waals surface area contributed by atoms with E-state index < -0.39 is 0 Å². The van der Waals surface area contributed by atoms with E-state index in [9.17, 15) is 0 Å². The minimum Gasteiger partial charge on any atom is -0.327 e. The third-order valence-corrected chi connectivity index (χ3v) is 12.7. The molecule has 4 heteroatoms. The van der Waals surface area contributed by atoms with Crippen molar-refractivity contribution in [3.8, 4) is 67.3 Å². The van der Waals surface area contributed by atoms with Gasteiger partial charge in [-0.25, -0.2) is 9.97 Å². The Balaban J connectivity index is 1.15. The van der Waals surface area contributed by atoms with Crippen molar-refractivity contribution in [2.24, 2.45) is 14.1 Å². The predicted molar refractivity (Wildman–Crippen MR) is 260 cm³/mol. The van der Waals surface area contributed by atoms with Gasteiger partial charge in [-0.2, -0.15) is 0 Å². The lowest BCUT2D eigenvalue weighted by molar-refractivity contribution is 0.959. The Bertz CT molecular complexity index is 3510. The van der Waals surface area contributed by atoms with Gasteiger partial charge in [0.1, 0.15) is 11.6 Å². The normalized spacial score (nSPS) is 11.7. The maximum atomic E-state index is 5.08. The van der Waals surface area contributed by atoms with Crippen molar-refractivity contribution in [3.63, 3.8) is 0 Å². The molecule has 0 aliphatic carbocycles. The summed E-state index contributed by atoms with van der Waals surface area (Å²) in [6.45, 7) is 0. The van der Waals surface area contributed by atoms with Gasteiger partial charge in [0, 0.05) is 25.2 Å². The van der Waals surface area contributed by atoms with Crippen LogP contribution in [-0.2, 0) is 14.1 Å². The molecule has 292 valence electrons. The van der Waals surface area contributed by atoms with E-state index in [2.05, 4.69) is 217 Å². The van der Waals surface area contributed by atoms with Gasteiger partial charge in [0.05, 0.1) is 22.1 Å². The zero-order chi connectivity index (χ0) is 41.3. The molecule has 0 radical (unpaired) electrons. The van der Waals surface area contributed by atoms with E-state index in [1.165, 1.54) is 65.7 Å². The van der Waals surface area contributed by atoms with E-state index in [1.807, 2.05) is 12.1 Å². The monoisotopic (exact) mass is 792 g/mol. The summed E-state index contributed by atoms with van der Waals surface area (Å²) in [6, 6.07) is 74.7. The average Bonchev–Trinajstić information content (AvgIpc) is 3.85. The molecule has 2 aromatic heterocycles. The van der Waals surface area contributed by atoms with Gasteiger partial charge in [-0.3, -0.25) is 0 Å². The first-order valence-corrected chi connectivity index (χ1v) is 21.2. The standard InChI is InChI=1S/C58H40N4/c1-61-53-34-41(30-32-51(53)59-57(61)39-18-8-4-9-19-39)43-24-14-27-46-49(43)36-50-44(42-31-33-52-54(35-42)62(2)58(60-52)40-20-10-5-11-21-40)25-15-28-47(50)56(46)48-29-13-23-38-22-12-26-45(55(38)48)37-16-6-3-7-17-37/h3-36H,1-2H3. The average molecular weight is 793 g/mol. The smallest absolute Gasteiger partial charge is 0.140 e. The van der Waals surface area contributed by atoms with Gasteiger partial charge in [-0.15, -0.1) is 0 Å². The van der Waals surface area contributed by atoms with Crippen LogP contribution in [0.15, 0.2) is 206 Å². The summed E-state index contributed by atoms with van der Waals surface area (Å²) in [4.78, 5) is 10.2.